The smallest absolute Gasteiger partial charge is 0.194 e. The van der Waals surface area contributed by atoms with E-state index in [0.29, 0.717) is 0 Å². The highest BCUT2D eigenvalue weighted by molar-refractivity contribution is 7.73. The van der Waals surface area contributed by atoms with Gasteiger partial charge >= 0.3 is 49.4 Å². The molecule has 620 valence electrons. The molecule has 0 amide bonds. The summed E-state index contributed by atoms with van der Waals surface area (Å²) in [5.74, 6) is 0. The van der Waals surface area contributed by atoms with Crippen LogP contribution in [-0.2, 0) is 49.4 Å². The molecule has 0 radical (unpaired) electrons. The van der Waals surface area contributed by atoms with Gasteiger partial charge in [0, 0.05) is 37.0 Å². The molecule has 0 atom stereocenters. The average Bonchev–Trinajstić information content (AvgIpc) is 0.707. The van der Waals surface area contributed by atoms with E-state index in [0.717, 1.165) is 0 Å². The van der Waals surface area contributed by atoms with Gasteiger partial charge in [-0.25, -0.2) is 0 Å². The zero-order chi connectivity index (χ0) is 81.3. The van der Waals surface area contributed by atoms with E-state index in [1.54, 1.807) is 0 Å². The maximum Gasteiger partial charge on any atom is 0.416 e. The number of halogens is 24. The highest BCUT2D eigenvalue weighted by atomic mass is 31.2. The first kappa shape index (κ1) is 98.0. The minimum Gasteiger partial charge on any atom is -0.194 e. The van der Waals surface area contributed by atoms with Crippen LogP contribution in [0, 0.1) is 0 Å². The minimum absolute atomic E-state index is 0.691. The van der Waals surface area contributed by atoms with Gasteiger partial charge in [-0.1, -0.05) is 283 Å². The summed E-state index contributed by atoms with van der Waals surface area (Å²) in [5.41, 5.74) is -30.2. The number of alkyl halides is 24. The molecule has 0 saturated carbocycles. The maximum atomic E-state index is 14.2. The van der Waals surface area contributed by atoms with Gasteiger partial charge in [-0.2, -0.15) is 131 Å². The monoisotopic (exact) mass is 1620 g/mol. The Morgan fingerprint density at radius 2 is 0.315 bits per heavy atom. The van der Waals surface area contributed by atoms with Crippen molar-refractivity contribution in [2.75, 3.05) is 37.0 Å². The van der Waals surface area contributed by atoms with Gasteiger partial charge in [-0.05, 0) is 62.8 Å². The highest BCUT2D eigenvalue weighted by Crippen LogP contribution is 2.57. The highest BCUT2D eigenvalue weighted by Gasteiger charge is 2.48. The lowest BCUT2D eigenvalue weighted by atomic mass is 9.12. The Labute approximate surface area is 625 Å². The molecule has 0 aromatic heterocycles. The predicted molar refractivity (Wildman–Crippen MR) is 396 cm³/mol. The van der Waals surface area contributed by atoms with Gasteiger partial charge < -0.3 is 0 Å². The minimum atomic E-state index is -6.13. The molecule has 4 aromatic carbocycles. The summed E-state index contributed by atoms with van der Waals surface area (Å²) >= 11 is 0. The topological polar surface area (TPSA) is 14.1 Å². The van der Waals surface area contributed by atoms with Crippen molar-refractivity contribution < 1.29 is 105 Å². The molecule has 0 aliphatic heterocycles. The first-order valence-electron chi connectivity index (χ1n) is 39.2. The molecule has 0 aliphatic rings. The molecule has 0 heterocycles. The molecular formula is C80H114BF24NP2. The Bertz CT molecular complexity index is 2750. The molecule has 0 aliphatic carbocycles. The summed E-state index contributed by atoms with van der Waals surface area (Å²) in [4.78, 5) is 0. The van der Waals surface area contributed by atoms with Crippen molar-refractivity contribution in [3.63, 3.8) is 0 Å². The number of hydrogen-bond donors (Lipinski definition) is 0. The van der Waals surface area contributed by atoms with E-state index in [9.17, 15) is 105 Å². The number of benzene rings is 4. The van der Waals surface area contributed by atoms with Gasteiger partial charge in [-0.15, -0.1) is 0 Å². The summed E-state index contributed by atoms with van der Waals surface area (Å²) in [7, 11) is -2.62. The lowest BCUT2D eigenvalue weighted by Gasteiger charge is -2.46. The van der Waals surface area contributed by atoms with Crippen molar-refractivity contribution in [1.29, 1.82) is 0 Å². The molecule has 4 rings (SSSR count). The SMILES string of the molecule is CCCCCCCCP(CCCCCCCC)(CCCCCCCC)=[N+]=P(CCCCCCCC)(CCCCCCCC)CCCCCCCC.FC(F)(F)c1cc([B-](c2cc(C(F)(F)F)cc(C(F)(F)F)c2)(c2cc(C(F)(F)F)cc(C(F)(F)F)c2)c2cc(C(F)(F)F)cc(C(F)(F)F)c2)cc(C(F)(F)F)c1. The summed E-state index contributed by atoms with van der Waals surface area (Å²) < 4.78 is 348. The first-order chi connectivity index (χ1) is 50.3. The van der Waals surface area contributed by atoms with Gasteiger partial charge in [-0.3, -0.25) is 0 Å². The molecule has 0 saturated heterocycles. The molecule has 0 unspecified atom stereocenters. The zero-order valence-corrected chi connectivity index (χ0v) is 65.4. The number of hydrogen-bond acceptors (Lipinski definition) is 0. The second-order valence-corrected chi connectivity index (χ2v) is 37.2. The largest absolute Gasteiger partial charge is 0.416 e. The third-order valence-corrected chi connectivity index (χ3v) is 30.3. The van der Waals surface area contributed by atoms with Gasteiger partial charge in [0.25, 0.3) is 0 Å². The van der Waals surface area contributed by atoms with Crippen LogP contribution in [0.25, 0.3) is 0 Å². The molecule has 0 bridgehead atoms. The van der Waals surface area contributed by atoms with Crippen molar-refractivity contribution >= 4 is 42.1 Å². The van der Waals surface area contributed by atoms with E-state index in [2.05, 4.69) is 41.5 Å². The van der Waals surface area contributed by atoms with Crippen LogP contribution in [0.2, 0.25) is 0 Å². The van der Waals surface area contributed by atoms with Crippen molar-refractivity contribution in [3.8, 4) is 0 Å². The van der Waals surface area contributed by atoms with Crippen LogP contribution in [0.5, 0.6) is 0 Å². The van der Waals surface area contributed by atoms with Gasteiger partial charge in [0.1, 0.15) is 6.15 Å². The fourth-order valence-electron chi connectivity index (χ4n) is 14.5. The fourth-order valence-corrected chi connectivity index (χ4v) is 26.1. The molecular weight excluding hydrogens is 1500 g/mol. The average molecular weight is 1620 g/mol. The van der Waals surface area contributed by atoms with E-state index < -0.39 is 209 Å². The molecule has 0 fully saturated rings. The van der Waals surface area contributed by atoms with Crippen molar-refractivity contribution in [2.24, 2.45) is 0 Å². The predicted octanol–water partition coefficient (Wildman–Crippen LogP) is 29.8. The van der Waals surface area contributed by atoms with Crippen molar-refractivity contribution in [2.45, 2.75) is 322 Å². The molecule has 1 nitrogen and oxygen atoms in total. The Morgan fingerprint density at radius 1 is 0.194 bits per heavy atom. The van der Waals surface area contributed by atoms with Crippen LogP contribution in [0.3, 0.4) is 0 Å². The van der Waals surface area contributed by atoms with Crippen LogP contribution in [0.1, 0.15) is 317 Å². The number of rotatable bonds is 46. The summed E-state index contributed by atoms with van der Waals surface area (Å²) in [6, 6.07) is -8.81. The standard InChI is InChI=1S/C48H102NP2.C32H12BF24/c1-7-13-19-25-31-37-43-50(44-38-32-26-20-14-8-2,45-39-33-27-21-15-9-3)49-51(46-40-34-28-22-16-10-4,47-41-35-29-23-17-11-5)48-42-36-30-24-18-12-6;34-25(35,36)13-1-14(26(37,38)39)6-21(5-13)33(22-7-15(27(40,41)42)2-16(8-22)28(43,44)45,23-9-17(29(46,47)48)3-18(10-23)30(49,50)51)24-11-19(31(52,53)54)4-20(12-24)32(55,56)57/h7-48H2,1-6H3;1-12H/q+1;-1. The summed E-state index contributed by atoms with van der Waals surface area (Å²) in [6.07, 6.45) is 6.42. The lowest BCUT2D eigenvalue weighted by molar-refractivity contribution is -0.144. The lowest BCUT2D eigenvalue weighted by Crippen LogP contribution is -2.75. The quantitative estimate of drug-likeness (QED) is 0.0138. The third-order valence-electron chi connectivity index (χ3n) is 20.4. The second-order valence-electron chi connectivity index (χ2n) is 29.5. The van der Waals surface area contributed by atoms with E-state index >= 15 is 0 Å². The Kier molecular flexibility index (Phi) is 41.4. The van der Waals surface area contributed by atoms with Gasteiger partial charge in [0.2, 0.25) is 14.1 Å². The van der Waals surface area contributed by atoms with Crippen LogP contribution in [0.15, 0.2) is 72.8 Å². The van der Waals surface area contributed by atoms with Crippen molar-refractivity contribution in [3.05, 3.63) is 117 Å². The van der Waals surface area contributed by atoms with E-state index in [1.165, 1.54) is 268 Å². The van der Waals surface area contributed by atoms with E-state index in [-0.39, 0.29) is 0 Å². The Morgan fingerprint density at radius 3 is 0.435 bits per heavy atom. The van der Waals surface area contributed by atoms with Crippen LogP contribution in [-0.4, -0.2) is 43.1 Å². The Balaban J connectivity index is 0.000000565. The first-order valence-corrected chi connectivity index (χ1v) is 43.8. The normalized spacial score (nSPS) is 13.3. The third kappa shape index (κ3) is 33.5. The number of unbranched alkanes of at least 4 members (excludes halogenated alkanes) is 30. The second kappa shape index (κ2) is 45.7. The van der Waals surface area contributed by atoms with Crippen LogP contribution < -0.4 is 26.0 Å². The van der Waals surface area contributed by atoms with Crippen LogP contribution in [0.4, 0.5) is 105 Å². The number of nitrogens with zero attached hydrogens (tertiary/aromatic N) is 1. The fraction of sp³-hybridized carbons (Fsp3) is 0.700. The molecule has 0 N–H and O–H groups in total. The molecule has 0 spiro atoms. The van der Waals surface area contributed by atoms with Crippen LogP contribution >= 0.6 is 14.1 Å². The van der Waals surface area contributed by atoms with Gasteiger partial charge in [0.05, 0.1) is 44.5 Å². The van der Waals surface area contributed by atoms with Crippen molar-refractivity contribution in [1.82, 2.24) is 4.17 Å². The summed E-state index contributed by atoms with van der Waals surface area (Å²) in [5, 5.41) is 0. The maximum absolute atomic E-state index is 14.2. The Hall–Kier alpha value is -4.17. The van der Waals surface area contributed by atoms with Gasteiger partial charge in [0.15, 0.2) is 0 Å². The summed E-state index contributed by atoms with van der Waals surface area (Å²) in [6.45, 7) is 14.2. The van der Waals surface area contributed by atoms with E-state index in [4.69, 9.17) is 4.17 Å². The van der Waals surface area contributed by atoms with E-state index in [1.807, 2.05) is 0 Å². The zero-order valence-electron chi connectivity index (χ0n) is 63.6. The molecule has 28 heteroatoms. The molecule has 4 aromatic rings. The molecule has 108 heavy (non-hydrogen) atoms.